The maximum Gasteiger partial charge on any atom is 0.226 e. The molecule has 2 aliphatic carbocycles. The zero-order valence-electron chi connectivity index (χ0n) is 13.3. The van der Waals surface area contributed by atoms with E-state index in [0.29, 0.717) is 17.7 Å². The van der Waals surface area contributed by atoms with Crippen LogP contribution in [0.25, 0.3) is 0 Å². The highest BCUT2D eigenvalue weighted by molar-refractivity contribution is 5.79. The van der Waals surface area contributed by atoms with E-state index in [4.69, 9.17) is 0 Å². The normalized spacial score (nSPS) is 31.6. The molecule has 3 nitrogen and oxygen atoms in total. The Labute approximate surface area is 133 Å². The molecule has 0 aromatic heterocycles. The molecule has 1 aromatic rings. The van der Waals surface area contributed by atoms with Gasteiger partial charge in [-0.2, -0.15) is 0 Å². The highest BCUT2D eigenvalue weighted by atomic mass is 16.2. The molecule has 1 aliphatic heterocycles. The van der Waals surface area contributed by atoms with E-state index in [9.17, 15) is 4.79 Å². The second-order valence-electron chi connectivity index (χ2n) is 7.37. The Morgan fingerprint density at radius 2 is 1.77 bits per heavy atom. The summed E-state index contributed by atoms with van der Waals surface area (Å²) in [5, 5.41) is 0. The molecule has 3 atom stereocenters. The predicted molar refractivity (Wildman–Crippen MR) is 87.2 cm³/mol. The van der Waals surface area contributed by atoms with Crippen LogP contribution >= 0.6 is 0 Å². The Balaban J connectivity index is 1.29. The molecule has 118 valence electrons. The van der Waals surface area contributed by atoms with Crippen LogP contribution < -0.4 is 0 Å². The van der Waals surface area contributed by atoms with Crippen LogP contribution in [0.4, 0.5) is 0 Å². The maximum absolute atomic E-state index is 12.8. The Morgan fingerprint density at radius 3 is 2.41 bits per heavy atom. The Hall–Kier alpha value is -1.35. The Morgan fingerprint density at radius 1 is 1.00 bits per heavy atom. The van der Waals surface area contributed by atoms with Crippen LogP contribution in [0.1, 0.15) is 31.2 Å². The average molecular weight is 298 g/mol. The number of amides is 1. The Bertz CT molecular complexity index is 521. The van der Waals surface area contributed by atoms with Crippen molar-refractivity contribution in [2.24, 2.45) is 17.8 Å². The molecule has 3 aliphatic rings. The first-order valence-corrected chi connectivity index (χ1v) is 8.84. The zero-order chi connectivity index (χ0) is 14.9. The fourth-order valence-electron chi connectivity index (χ4n) is 4.75. The van der Waals surface area contributed by atoms with Gasteiger partial charge in [0.2, 0.25) is 5.91 Å². The number of nitrogens with zero attached hydrogens (tertiary/aromatic N) is 2. The molecule has 1 heterocycles. The van der Waals surface area contributed by atoms with Crippen LogP contribution in [-0.4, -0.2) is 41.9 Å². The molecular formula is C19H26N2O. The van der Waals surface area contributed by atoms with Gasteiger partial charge in [0.15, 0.2) is 0 Å². The summed E-state index contributed by atoms with van der Waals surface area (Å²) in [4.78, 5) is 17.4. The SMILES string of the molecule is O=C([C@@H]1C[C@@H]2CC[C@@H]1C2)N1CCN(Cc2ccccc2)CC1. The molecule has 3 fully saturated rings. The number of hydrogen-bond donors (Lipinski definition) is 0. The summed E-state index contributed by atoms with van der Waals surface area (Å²) in [6, 6.07) is 10.6. The third kappa shape index (κ3) is 2.79. The van der Waals surface area contributed by atoms with Gasteiger partial charge >= 0.3 is 0 Å². The molecule has 1 amide bonds. The molecule has 0 spiro atoms. The predicted octanol–water partition coefficient (Wildman–Crippen LogP) is 2.77. The number of hydrogen-bond acceptors (Lipinski definition) is 2. The van der Waals surface area contributed by atoms with Crippen LogP contribution in [0, 0.1) is 17.8 Å². The van der Waals surface area contributed by atoms with Crippen molar-refractivity contribution in [1.29, 1.82) is 0 Å². The number of piperazine rings is 1. The van der Waals surface area contributed by atoms with Crippen molar-refractivity contribution in [3.8, 4) is 0 Å². The highest BCUT2D eigenvalue weighted by Crippen LogP contribution is 2.48. The fourth-order valence-corrected chi connectivity index (χ4v) is 4.75. The van der Waals surface area contributed by atoms with Gasteiger partial charge in [-0.15, -0.1) is 0 Å². The van der Waals surface area contributed by atoms with Crippen LogP contribution in [0.15, 0.2) is 30.3 Å². The molecular weight excluding hydrogens is 272 g/mol. The van der Waals surface area contributed by atoms with Crippen molar-refractivity contribution < 1.29 is 4.79 Å². The summed E-state index contributed by atoms with van der Waals surface area (Å²) in [5.74, 6) is 2.39. The van der Waals surface area contributed by atoms with E-state index < -0.39 is 0 Å². The monoisotopic (exact) mass is 298 g/mol. The van der Waals surface area contributed by atoms with Crippen LogP contribution in [0.2, 0.25) is 0 Å². The van der Waals surface area contributed by atoms with E-state index in [1.807, 2.05) is 0 Å². The second kappa shape index (κ2) is 6.04. The van der Waals surface area contributed by atoms with Gasteiger partial charge in [0.1, 0.15) is 0 Å². The van der Waals surface area contributed by atoms with E-state index in [0.717, 1.165) is 38.6 Å². The van der Waals surface area contributed by atoms with Crippen molar-refractivity contribution in [3.63, 3.8) is 0 Å². The van der Waals surface area contributed by atoms with E-state index in [1.165, 1.54) is 31.2 Å². The summed E-state index contributed by atoms with van der Waals surface area (Å²) in [5.41, 5.74) is 1.37. The lowest BCUT2D eigenvalue weighted by Crippen LogP contribution is -2.50. The number of benzene rings is 1. The minimum absolute atomic E-state index is 0.361. The maximum atomic E-state index is 12.8. The van der Waals surface area contributed by atoms with E-state index in [1.54, 1.807) is 0 Å². The Kier molecular flexibility index (Phi) is 3.91. The molecule has 2 bridgehead atoms. The first-order chi connectivity index (χ1) is 10.8. The van der Waals surface area contributed by atoms with Gasteiger partial charge in [-0.3, -0.25) is 9.69 Å². The number of carbonyl (C=O) groups is 1. The molecule has 0 radical (unpaired) electrons. The van der Waals surface area contributed by atoms with Gasteiger partial charge in [0.05, 0.1) is 0 Å². The molecule has 0 unspecified atom stereocenters. The first-order valence-electron chi connectivity index (χ1n) is 8.84. The smallest absolute Gasteiger partial charge is 0.226 e. The van der Waals surface area contributed by atoms with Gasteiger partial charge in [0.25, 0.3) is 0 Å². The molecule has 0 N–H and O–H groups in total. The minimum atomic E-state index is 0.361. The molecule has 3 heteroatoms. The number of carbonyl (C=O) groups excluding carboxylic acids is 1. The average Bonchev–Trinajstić information content (AvgIpc) is 3.19. The van der Waals surface area contributed by atoms with Gasteiger partial charge < -0.3 is 4.90 Å². The second-order valence-corrected chi connectivity index (χ2v) is 7.37. The highest BCUT2D eigenvalue weighted by Gasteiger charge is 2.44. The zero-order valence-corrected chi connectivity index (χ0v) is 13.3. The van der Waals surface area contributed by atoms with Crippen molar-refractivity contribution in [2.75, 3.05) is 26.2 Å². The summed E-state index contributed by atoms with van der Waals surface area (Å²) in [6.45, 7) is 4.87. The van der Waals surface area contributed by atoms with Crippen LogP contribution in [0.5, 0.6) is 0 Å². The molecule has 2 saturated carbocycles. The molecule has 22 heavy (non-hydrogen) atoms. The van der Waals surface area contributed by atoms with Gasteiger partial charge in [-0.1, -0.05) is 36.8 Å². The largest absolute Gasteiger partial charge is 0.340 e. The van der Waals surface area contributed by atoms with Crippen LogP contribution in [-0.2, 0) is 11.3 Å². The lowest BCUT2D eigenvalue weighted by atomic mass is 9.87. The molecule has 1 saturated heterocycles. The lowest BCUT2D eigenvalue weighted by molar-refractivity contribution is -0.139. The number of rotatable bonds is 3. The van der Waals surface area contributed by atoms with E-state index in [-0.39, 0.29) is 0 Å². The fraction of sp³-hybridized carbons (Fsp3) is 0.632. The quantitative estimate of drug-likeness (QED) is 0.856. The third-order valence-corrected chi connectivity index (χ3v) is 5.99. The van der Waals surface area contributed by atoms with E-state index >= 15 is 0 Å². The summed E-state index contributed by atoms with van der Waals surface area (Å²) in [6.07, 6.45) is 5.17. The van der Waals surface area contributed by atoms with Gasteiger partial charge in [-0.05, 0) is 36.7 Å². The van der Waals surface area contributed by atoms with Gasteiger partial charge in [0, 0.05) is 38.6 Å². The number of fused-ring (bicyclic) bond motifs is 2. The van der Waals surface area contributed by atoms with Crippen LogP contribution in [0.3, 0.4) is 0 Å². The first kappa shape index (κ1) is 14.3. The summed E-state index contributed by atoms with van der Waals surface area (Å²) < 4.78 is 0. The van der Waals surface area contributed by atoms with Crippen molar-refractivity contribution in [1.82, 2.24) is 9.80 Å². The van der Waals surface area contributed by atoms with Gasteiger partial charge in [-0.25, -0.2) is 0 Å². The third-order valence-electron chi connectivity index (χ3n) is 5.99. The van der Waals surface area contributed by atoms with Crippen molar-refractivity contribution in [2.45, 2.75) is 32.2 Å². The van der Waals surface area contributed by atoms with E-state index in [2.05, 4.69) is 40.1 Å². The standard InChI is InChI=1S/C19H26N2O/c22-19(18-13-16-6-7-17(18)12-16)21-10-8-20(9-11-21)14-15-4-2-1-3-5-15/h1-5,16-18H,6-14H2/t16-,17-,18-/m1/s1. The summed E-state index contributed by atoms with van der Waals surface area (Å²) >= 11 is 0. The lowest BCUT2D eigenvalue weighted by Gasteiger charge is -2.37. The van der Waals surface area contributed by atoms with Crippen molar-refractivity contribution in [3.05, 3.63) is 35.9 Å². The minimum Gasteiger partial charge on any atom is -0.340 e. The topological polar surface area (TPSA) is 23.6 Å². The van der Waals surface area contributed by atoms with Crippen molar-refractivity contribution >= 4 is 5.91 Å². The molecule has 4 rings (SSSR count). The summed E-state index contributed by atoms with van der Waals surface area (Å²) in [7, 11) is 0. The molecule has 1 aromatic carbocycles.